The first kappa shape index (κ1) is 21.5. The van der Waals surface area contributed by atoms with E-state index in [1.807, 2.05) is 19.2 Å². The maximum Gasteiger partial charge on any atom is 0.261 e. The second-order valence-corrected chi connectivity index (χ2v) is 6.75. The average Bonchev–Trinajstić information content (AvgIpc) is 2.88. The first-order valence-electron chi connectivity index (χ1n) is 9.86. The molecule has 5 nitrogen and oxygen atoms in total. The zero-order valence-corrected chi connectivity index (χ0v) is 17.3. The summed E-state index contributed by atoms with van der Waals surface area (Å²) in [6, 6.07) is 2.10. The van der Waals surface area contributed by atoms with Crippen molar-refractivity contribution in [1.29, 1.82) is 0 Å². The summed E-state index contributed by atoms with van der Waals surface area (Å²) in [6.07, 6.45) is 11.6. The standard InChI is InChI=1S/C23H31N3O2/c1-6-18-13-19(7-2)23(26-14-18)28-17(5)22(27)25-15-20-11-9-10-12-21(16(20)4)24-8-3/h8,10-14,17,24H,3,6-7,9,15H2,1-2,4-5H3,(H,25,27). The van der Waals surface area contributed by atoms with E-state index in [9.17, 15) is 4.79 Å². The number of amides is 1. The van der Waals surface area contributed by atoms with Crippen molar-refractivity contribution in [2.45, 2.75) is 53.1 Å². The normalized spacial score (nSPS) is 14.8. The van der Waals surface area contributed by atoms with Crippen LogP contribution in [-0.2, 0) is 17.6 Å². The third-order valence-electron chi connectivity index (χ3n) is 4.81. The van der Waals surface area contributed by atoms with Crippen molar-refractivity contribution < 1.29 is 9.53 Å². The third-order valence-corrected chi connectivity index (χ3v) is 4.81. The smallest absolute Gasteiger partial charge is 0.261 e. The molecule has 150 valence electrons. The summed E-state index contributed by atoms with van der Waals surface area (Å²) in [6.45, 7) is 12.1. The van der Waals surface area contributed by atoms with Crippen molar-refractivity contribution >= 4 is 5.91 Å². The molecule has 1 aliphatic carbocycles. The number of carbonyl (C=O) groups is 1. The van der Waals surface area contributed by atoms with Crippen molar-refractivity contribution in [2.75, 3.05) is 6.54 Å². The van der Waals surface area contributed by atoms with Gasteiger partial charge in [0.25, 0.3) is 5.91 Å². The molecule has 2 rings (SSSR count). The lowest BCUT2D eigenvalue weighted by molar-refractivity contribution is -0.127. The number of nitrogens with one attached hydrogen (secondary N) is 2. The molecule has 0 bridgehead atoms. The van der Waals surface area contributed by atoms with Crippen LogP contribution in [0.5, 0.6) is 5.88 Å². The maximum atomic E-state index is 12.6. The fraction of sp³-hybridized carbons (Fsp3) is 0.391. The van der Waals surface area contributed by atoms with Gasteiger partial charge in [-0.3, -0.25) is 4.79 Å². The number of aryl methyl sites for hydroxylation is 2. The Hall–Kier alpha value is -2.82. The third kappa shape index (κ3) is 5.59. The number of carbonyl (C=O) groups excluding carboxylic acids is 1. The van der Waals surface area contributed by atoms with Crippen LogP contribution in [0.2, 0.25) is 0 Å². The highest BCUT2D eigenvalue weighted by molar-refractivity contribution is 5.81. The number of rotatable bonds is 9. The van der Waals surface area contributed by atoms with Crippen LogP contribution >= 0.6 is 0 Å². The molecule has 1 atom stereocenters. The Balaban J connectivity index is 2.00. The van der Waals surface area contributed by atoms with E-state index in [1.165, 1.54) is 5.56 Å². The minimum Gasteiger partial charge on any atom is -0.464 e. The first-order chi connectivity index (χ1) is 13.5. The highest BCUT2D eigenvalue weighted by atomic mass is 16.5. The fourth-order valence-electron chi connectivity index (χ4n) is 2.97. The summed E-state index contributed by atoms with van der Waals surface area (Å²) in [5, 5.41) is 6.12. The van der Waals surface area contributed by atoms with Gasteiger partial charge in [-0.05, 0) is 68.2 Å². The SMILES string of the molecule is C=CNC1=C(C)C(CNC(=O)C(C)Oc2ncc(CC)cc2CC)=CCC=C1. The lowest BCUT2D eigenvalue weighted by Gasteiger charge is -2.18. The van der Waals surface area contributed by atoms with E-state index in [0.29, 0.717) is 12.4 Å². The molecular weight excluding hydrogens is 350 g/mol. The van der Waals surface area contributed by atoms with Crippen molar-refractivity contribution in [2.24, 2.45) is 0 Å². The van der Waals surface area contributed by atoms with Gasteiger partial charge in [0.1, 0.15) is 0 Å². The molecule has 0 aromatic carbocycles. The van der Waals surface area contributed by atoms with Gasteiger partial charge < -0.3 is 15.4 Å². The molecule has 1 aromatic rings. The van der Waals surface area contributed by atoms with Crippen LogP contribution in [0.4, 0.5) is 0 Å². The number of pyridine rings is 1. The van der Waals surface area contributed by atoms with E-state index < -0.39 is 6.10 Å². The molecule has 1 aromatic heterocycles. The van der Waals surface area contributed by atoms with Crippen LogP contribution in [0.1, 0.15) is 45.2 Å². The van der Waals surface area contributed by atoms with Gasteiger partial charge in [0.2, 0.25) is 5.88 Å². The Morgan fingerprint density at radius 3 is 2.86 bits per heavy atom. The zero-order chi connectivity index (χ0) is 20.5. The Bertz CT molecular complexity index is 806. The molecule has 0 fully saturated rings. The molecule has 1 aliphatic rings. The number of ether oxygens (including phenoxy) is 1. The van der Waals surface area contributed by atoms with E-state index in [2.05, 4.69) is 54.3 Å². The van der Waals surface area contributed by atoms with Crippen LogP contribution < -0.4 is 15.4 Å². The largest absolute Gasteiger partial charge is 0.464 e. The molecule has 5 heteroatoms. The predicted octanol–water partition coefficient (Wildman–Crippen LogP) is 3.98. The van der Waals surface area contributed by atoms with Gasteiger partial charge >= 0.3 is 0 Å². The lowest BCUT2D eigenvalue weighted by atomic mass is 10.1. The Morgan fingerprint density at radius 2 is 2.18 bits per heavy atom. The fourth-order valence-corrected chi connectivity index (χ4v) is 2.97. The van der Waals surface area contributed by atoms with Gasteiger partial charge in [-0.1, -0.05) is 32.6 Å². The molecule has 0 aliphatic heterocycles. The highest BCUT2D eigenvalue weighted by Gasteiger charge is 2.18. The van der Waals surface area contributed by atoms with E-state index in [-0.39, 0.29) is 5.91 Å². The molecule has 2 N–H and O–H groups in total. The molecule has 0 spiro atoms. The Labute approximate surface area is 168 Å². The van der Waals surface area contributed by atoms with Gasteiger partial charge in [-0.2, -0.15) is 0 Å². The predicted molar refractivity (Wildman–Crippen MR) is 114 cm³/mol. The number of nitrogens with zero attached hydrogens (tertiary/aromatic N) is 1. The second-order valence-electron chi connectivity index (χ2n) is 6.75. The summed E-state index contributed by atoms with van der Waals surface area (Å²) in [5.41, 5.74) is 5.35. The summed E-state index contributed by atoms with van der Waals surface area (Å²) in [4.78, 5) is 17.0. The Morgan fingerprint density at radius 1 is 1.39 bits per heavy atom. The van der Waals surface area contributed by atoms with Gasteiger partial charge in [-0.25, -0.2) is 4.98 Å². The van der Waals surface area contributed by atoms with Gasteiger partial charge in [-0.15, -0.1) is 0 Å². The number of aromatic nitrogens is 1. The molecule has 0 radical (unpaired) electrons. The van der Waals surface area contributed by atoms with Gasteiger partial charge in [0, 0.05) is 24.0 Å². The molecule has 1 heterocycles. The average molecular weight is 382 g/mol. The number of allylic oxidation sites excluding steroid dienone is 3. The van der Waals surface area contributed by atoms with E-state index >= 15 is 0 Å². The maximum absolute atomic E-state index is 12.6. The van der Waals surface area contributed by atoms with Crippen molar-refractivity contribution in [3.05, 3.63) is 71.2 Å². The van der Waals surface area contributed by atoms with E-state index in [0.717, 1.165) is 41.7 Å². The summed E-state index contributed by atoms with van der Waals surface area (Å²) in [5.74, 6) is 0.376. The molecule has 0 saturated carbocycles. The quantitative estimate of drug-likeness (QED) is 0.679. The summed E-state index contributed by atoms with van der Waals surface area (Å²) >= 11 is 0. The van der Waals surface area contributed by atoms with E-state index in [1.54, 1.807) is 13.1 Å². The van der Waals surface area contributed by atoms with Crippen LogP contribution in [0.15, 0.2) is 60.1 Å². The van der Waals surface area contributed by atoms with Crippen LogP contribution in [0.25, 0.3) is 0 Å². The number of hydrogen-bond donors (Lipinski definition) is 2. The lowest BCUT2D eigenvalue weighted by Crippen LogP contribution is -2.37. The molecular formula is C23H31N3O2. The van der Waals surface area contributed by atoms with Gasteiger partial charge in [0.05, 0.1) is 0 Å². The van der Waals surface area contributed by atoms with Crippen LogP contribution in [0.3, 0.4) is 0 Å². The van der Waals surface area contributed by atoms with Gasteiger partial charge in [0.15, 0.2) is 6.10 Å². The summed E-state index contributed by atoms with van der Waals surface area (Å²) in [7, 11) is 0. The van der Waals surface area contributed by atoms with Crippen molar-refractivity contribution in [3.8, 4) is 5.88 Å². The molecule has 1 unspecified atom stereocenters. The van der Waals surface area contributed by atoms with Crippen LogP contribution in [-0.4, -0.2) is 23.5 Å². The molecule has 0 saturated heterocycles. The topological polar surface area (TPSA) is 63.2 Å². The van der Waals surface area contributed by atoms with Crippen molar-refractivity contribution in [1.82, 2.24) is 15.6 Å². The second kappa shape index (κ2) is 10.5. The monoisotopic (exact) mass is 381 g/mol. The molecule has 1 amide bonds. The molecule has 28 heavy (non-hydrogen) atoms. The summed E-state index contributed by atoms with van der Waals surface area (Å²) < 4.78 is 5.86. The minimum absolute atomic E-state index is 0.160. The number of hydrogen-bond acceptors (Lipinski definition) is 4. The zero-order valence-electron chi connectivity index (χ0n) is 17.3. The Kier molecular flexibility index (Phi) is 8.05. The van der Waals surface area contributed by atoms with Crippen molar-refractivity contribution in [3.63, 3.8) is 0 Å². The minimum atomic E-state index is -0.621. The van der Waals surface area contributed by atoms with E-state index in [4.69, 9.17) is 4.74 Å². The van der Waals surface area contributed by atoms with Crippen LogP contribution in [0, 0.1) is 0 Å². The first-order valence-corrected chi connectivity index (χ1v) is 9.86. The highest BCUT2D eigenvalue weighted by Crippen LogP contribution is 2.20.